The van der Waals surface area contributed by atoms with Crippen LogP contribution in [0.25, 0.3) is 0 Å². The third-order valence-electron chi connectivity index (χ3n) is 1.93. The van der Waals surface area contributed by atoms with Crippen LogP contribution in [0, 0.1) is 6.92 Å². The molecule has 1 rings (SSSR count). The van der Waals surface area contributed by atoms with Gasteiger partial charge in [-0.1, -0.05) is 0 Å². The average molecular weight is 211 g/mol. The number of carboxylic acids is 2. The molecular weight excluding hydrogens is 202 g/mol. The lowest BCUT2D eigenvalue weighted by Gasteiger charge is -2.08. The fraction of sp³-hybridized carbons (Fsp3) is 0.222. The summed E-state index contributed by atoms with van der Waals surface area (Å²) in [6.07, 6.45) is 1.19. The highest BCUT2D eigenvalue weighted by Crippen LogP contribution is 2.22. The van der Waals surface area contributed by atoms with E-state index in [2.05, 4.69) is 4.98 Å². The van der Waals surface area contributed by atoms with Crippen molar-refractivity contribution in [3.63, 3.8) is 0 Å². The normalized spacial score (nSPS) is 9.73. The van der Waals surface area contributed by atoms with Gasteiger partial charge in [0.05, 0.1) is 18.9 Å². The highest BCUT2D eigenvalue weighted by atomic mass is 16.5. The van der Waals surface area contributed by atoms with Crippen LogP contribution in [0.15, 0.2) is 6.20 Å². The molecule has 1 aromatic rings. The second-order valence-electron chi connectivity index (χ2n) is 2.79. The Balaban J connectivity index is 3.51. The summed E-state index contributed by atoms with van der Waals surface area (Å²) in [6, 6.07) is 0. The lowest BCUT2D eigenvalue weighted by Crippen LogP contribution is -2.13. The van der Waals surface area contributed by atoms with Crippen LogP contribution in [0.2, 0.25) is 0 Å². The maximum atomic E-state index is 10.9. The molecule has 1 heterocycles. The van der Waals surface area contributed by atoms with E-state index in [0.29, 0.717) is 0 Å². The Morgan fingerprint density at radius 2 is 1.93 bits per heavy atom. The van der Waals surface area contributed by atoms with Gasteiger partial charge in [0.1, 0.15) is 5.75 Å². The van der Waals surface area contributed by atoms with Crippen LogP contribution >= 0.6 is 0 Å². The molecule has 0 saturated heterocycles. The Bertz CT molecular complexity index is 427. The molecule has 80 valence electrons. The van der Waals surface area contributed by atoms with Crippen molar-refractivity contribution in [1.82, 2.24) is 4.98 Å². The first-order chi connectivity index (χ1) is 6.99. The predicted molar refractivity (Wildman–Crippen MR) is 49.4 cm³/mol. The van der Waals surface area contributed by atoms with Crippen LogP contribution in [0.5, 0.6) is 5.75 Å². The number of ether oxygens (including phenoxy) is 1. The summed E-state index contributed by atoms with van der Waals surface area (Å²) in [5.74, 6) is -2.47. The molecule has 0 aliphatic heterocycles. The lowest BCUT2D eigenvalue weighted by molar-refractivity contribution is 0.0645. The third-order valence-corrected chi connectivity index (χ3v) is 1.93. The molecule has 0 bridgehead atoms. The predicted octanol–water partition coefficient (Wildman–Crippen LogP) is 0.795. The number of hydrogen-bond acceptors (Lipinski definition) is 4. The standard InChI is InChI=1S/C9H9NO5/c1-4-5(15-2)3-10-7(9(13)14)6(4)8(11)12/h3H,1-2H3,(H,11,12)(H,13,14). The van der Waals surface area contributed by atoms with Crippen molar-refractivity contribution < 1.29 is 24.5 Å². The van der Waals surface area contributed by atoms with Gasteiger partial charge in [0, 0.05) is 5.56 Å². The monoisotopic (exact) mass is 211 g/mol. The van der Waals surface area contributed by atoms with Crippen LogP contribution in [0.4, 0.5) is 0 Å². The highest BCUT2D eigenvalue weighted by Gasteiger charge is 2.22. The number of carboxylic acid groups (broad SMARTS) is 2. The van der Waals surface area contributed by atoms with Gasteiger partial charge in [-0.05, 0) is 6.92 Å². The summed E-state index contributed by atoms with van der Waals surface area (Å²) in [7, 11) is 1.36. The van der Waals surface area contributed by atoms with Gasteiger partial charge in [0.25, 0.3) is 0 Å². The van der Waals surface area contributed by atoms with E-state index in [1.165, 1.54) is 20.2 Å². The number of aromatic nitrogens is 1. The first kappa shape index (κ1) is 11.0. The molecule has 0 saturated carbocycles. The molecule has 0 aliphatic rings. The van der Waals surface area contributed by atoms with E-state index in [0.717, 1.165) is 0 Å². The van der Waals surface area contributed by atoms with Crippen LogP contribution in [0.3, 0.4) is 0 Å². The minimum absolute atomic E-state index is 0.248. The molecule has 0 atom stereocenters. The zero-order chi connectivity index (χ0) is 11.6. The fourth-order valence-electron chi connectivity index (χ4n) is 1.21. The molecule has 15 heavy (non-hydrogen) atoms. The molecule has 0 spiro atoms. The van der Waals surface area contributed by atoms with Crippen molar-refractivity contribution in [2.75, 3.05) is 7.11 Å². The van der Waals surface area contributed by atoms with Crippen molar-refractivity contribution in [3.05, 3.63) is 23.0 Å². The maximum absolute atomic E-state index is 10.9. The summed E-state index contributed by atoms with van der Waals surface area (Å²) < 4.78 is 4.85. The first-order valence-corrected chi connectivity index (χ1v) is 3.99. The van der Waals surface area contributed by atoms with E-state index in [4.69, 9.17) is 14.9 Å². The van der Waals surface area contributed by atoms with Crippen molar-refractivity contribution >= 4 is 11.9 Å². The number of aromatic carboxylic acids is 2. The van der Waals surface area contributed by atoms with Gasteiger partial charge < -0.3 is 14.9 Å². The number of nitrogens with zero attached hydrogens (tertiary/aromatic N) is 1. The zero-order valence-electron chi connectivity index (χ0n) is 8.14. The van der Waals surface area contributed by atoms with Crippen LogP contribution in [0.1, 0.15) is 26.4 Å². The zero-order valence-corrected chi connectivity index (χ0v) is 8.14. The average Bonchev–Trinajstić information content (AvgIpc) is 2.16. The Labute approximate surface area is 85.1 Å². The molecule has 6 nitrogen and oxygen atoms in total. The summed E-state index contributed by atoms with van der Waals surface area (Å²) in [4.78, 5) is 25.1. The number of carbonyl (C=O) groups is 2. The second-order valence-corrected chi connectivity index (χ2v) is 2.79. The number of methoxy groups -OCH3 is 1. The smallest absolute Gasteiger partial charge is 0.355 e. The quantitative estimate of drug-likeness (QED) is 0.767. The van der Waals surface area contributed by atoms with E-state index in [1.54, 1.807) is 0 Å². The largest absolute Gasteiger partial charge is 0.495 e. The van der Waals surface area contributed by atoms with E-state index in [-0.39, 0.29) is 16.9 Å². The van der Waals surface area contributed by atoms with E-state index in [9.17, 15) is 9.59 Å². The number of rotatable bonds is 3. The molecule has 6 heteroatoms. The van der Waals surface area contributed by atoms with Crippen LogP contribution in [-0.2, 0) is 0 Å². The van der Waals surface area contributed by atoms with Crippen molar-refractivity contribution in [2.24, 2.45) is 0 Å². The third kappa shape index (κ3) is 1.88. The number of pyridine rings is 1. The molecule has 0 aliphatic carbocycles. The highest BCUT2D eigenvalue weighted by molar-refractivity contribution is 6.01. The van der Waals surface area contributed by atoms with Gasteiger partial charge >= 0.3 is 11.9 Å². The van der Waals surface area contributed by atoms with E-state index < -0.39 is 17.6 Å². The van der Waals surface area contributed by atoms with Gasteiger partial charge in [-0.3, -0.25) is 0 Å². The second kappa shape index (κ2) is 3.95. The van der Waals surface area contributed by atoms with Crippen LogP contribution < -0.4 is 4.74 Å². The molecular formula is C9H9NO5. The molecule has 0 amide bonds. The van der Waals surface area contributed by atoms with E-state index in [1.807, 2.05) is 0 Å². The molecule has 0 unspecified atom stereocenters. The first-order valence-electron chi connectivity index (χ1n) is 3.99. The summed E-state index contributed by atoms with van der Waals surface area (Å²) >= 11 is 0. The van der Waals surface area contributed by atoms with Crippen molar-refractivity contribution in [3.8, 4) is 5.75 Å². The fourth-order valence-corrected chi connectivity index (χ4v) is 1.21. The molecule has 2 N–H and O–H groups in total. The Hall–Kier alpha value is -2.11. The van der Waals surface area contributed by atoms with E-state index >= 15 is 0 Å². The SMILES string of the molecule is COc1cnc(C(=O)O)c(C(=O)O)c1C. The molecule has 0 fully saturated rings. The van der Waals surface area contributed by atoms with Gasteiger partial charge in [0.15, 0.2) is 5.69 Å². The maximum Gasteiger partial charge on any atom is 0.355 e. The number of hydrogen-bond donors (Lipinski definition) is 2. The summed E-state index contributed by atoms with van der Waals surface area (Å²) in [5, 5.41) is 17.6. The van der Waals surface area contributed by atoms with Crippen molar-refractivity contribution in [1.29, 1.82) is 0 Å². The minimum Gasteiger partial charge on any atom is -0.495 e. The molecule has 0 aromatic carbocycles. The Kier molecular flexibility index (Phi) is 2.89. The molecule has 0 radical (unpaired) electrons. The van der Waals surface area contributed by atoms with Gasteiger partial charge in [-0.2, -0.15) is 0 Å². The van der Waals surface area contributed by atoms with Gasteiger partial charge in [-0.15, -0.1) is 0 Å². The minimum atomic E-state index is -1.38. The van der Waals surface area contributed by atoms with Gasteiger partial charge in [0.2, 0.25) is 0 Å². The molecule has 1 aromatic heterocycles. The topological polar surface area (TPSA) is 96.7 Å². The summed E-state index contributed by atoms with van der Waals surface area (Å²) in [5.41, 5.74) is -0.583. The Morgan fingerprint density at radius 1 is 1.33 bits per heavy atom. The Morgan fingerprint density at radius 3 is 2.33 bits per heavy atom. The van der Waals surface area contributed by atoms with Crippen molar-refractivity contribution in [2.45, 2.75) is 6.92 Å². The lowest BCUT2D eigenvalue weighted by atomic mass is 10.1. The van der Waals surface area contributed by atoms with Gasteiger partial charge in [-0.25, -0.2) is 14.6 Å². The van der Waals surface area contributed by atoms with Crippen LogP contribution in [-0.4, -0.2) is 34.2 Å². The summed E-state index contributed by atoms with van der Waals surface area (Å²) in [6.45, 7) is 1.47.